The van der Waals surface area contributed by atoms with Gasteiger partial charge in [0.15, 0.2) is 0 Å². The van der Waals surface area contributed by atoms with Gasteiger partial charge in [0.1, 0.15) is 0 Å². The first kappa shape index (κ1) is 13.6. The number of anilines is 2. The number of aromatic nitrogens is 2. The monoisotopic (exact) mass is 391 g/mol. The Bertz CT molecular complexity index is 580. The summed E-state index contributed by atoms with van der Waals surface area (Å²) in [5, 5.41) is 3.68. The number of benzene rings is 1. The molecule has 4 nitrogen and oxygen atoms in total. The Morgan fingerprint density at radius 1 is 1.33 bits per heavy atom. The molecule has 0 aliphatic heterocycles. The molecule has 0 amide bonds. The molecule has 0 bridgehead atoms. The van der Waals surface area contributed by atoms with Crippen LogP contribution in [0.25, 0.3) is 0 Å². The van der Waals surface area contributed by atoms with E-state index in [2.05, 4.69) is 47.1 Å². The van der Waals surface area contributed by atoms with Gasteiger partial charge in [-0.05, 0) is 44.0 Å². The van der Waals surface area contributed by atoms with Crippen molar-refractivity contribution < 1.29 is 4.74 Å². The van der Waals surface area contributed by atoms with Crippen molar-refractivity contribution in [1.29, 1.82) is 0 Å². The molecule has 0 unspecified atom stereocenters. The van der Waals surface area contributed by atoms with Crippen molar-refractivity contribution in [3.63, 3.8) is 0 Å². The zero-order valence-corrected chi connectivity index (χ0v) is 13.2. The molecule has 1 aromatic carbocycles. The second-order valence-electron chi connectivity index (χ2n) is 3.28. The van der Waals surface area contributed by atoms with E-state index in [-0.39, 0.29) is 0 Å². The Labute approximate surface area is 126 Å². The number of halogens is 3. The summed E-state index contributed by atoms with van der Waals surface area (Å²) in [5.41, 5.74) is 0.784. The van der Waals surface area contributed by atoms with E-state index in [1.54, 1.807) is 19.4 Å². The van der Waals surface area contributed by atoms with E-state index < -0.39 is 0 Å². The third kappa shape index (κ3) is 2.93. The predicted octanol–water partition coefficient (Wildman–Crippen LogP) is 4.41. The van der Waals surface area contributed by atoms with Crippen LogP contribution in [0.2, 0.25) is 5.02 Å². The summed E-state index contributed by atoms with van der Waals surface area (Å²) in [5.74, 6) is 0.892. The second-order valence-corrected chi connectivity index (χ2v) is 5.33. The maximum Gasteiger partial charge on any atom is 0.232 e. The van der Waals surface area contributed by atoms with Gasteiger partial charge in [0.2, 0.25) is 11.8 Å². The molecule has 0 spiro atoms. The zero-order valence-electron chi connectivity index (χ0n) is 9.25. The summed E-state index contributed by atoms with van der Waals surface area (Å²) in [6.07, 6.45) is 1.62. The molecule has 0 saturated carbocycles. The molecule has 0 atom stereocenters. The van der Waals surface area contributed by atoms with Crippen molar-refractivity contribution in [1.82, 2.24) is 9.97 Å². The minimum Gasteiger partial charge on any atom is -0.480 e. The Morgan fingerprint density at radius 3 is 2.83 bits per heavy atom. The van der Waals surface area contributed by atoms with Gasteiger partial charge in [0.25, 0.3) is 0 Å². The lowest BCUT2D eigenvalue weighted by atomic mass is 10.3. The molecule has 7 heteroatoms. The lowest BCUT2D eigenvalue weighted by Crippen LogP contribution is -2.00. The SMILES string of the molecule is COc1nc(Nc2cccc(Cl)c2Br)ncc1Br. The van der Waals surface area contributed by atoms with Gasteiger partial charge in [0, 0.05) is 0 Å². The van der Waals surface area contributed by atoms with Crippen LogP contribution in [0.15, 0.2) is 33.3 Å². The molecule has 18 heavy (non-hydrogen) atoms. The molecule has 94 valence electrons. The van der Waals surface area contributed by atoms with Crippen molar-refractivity contribution >= 4 is 55.1 Å². The standard InChI is InChI=1S/C11H8Br2ClN3O/c1-18-10-6(12)5-15-11(17-10)16-8-4-2-3-7(14)9(8)13/h2-5H,1H3,(H,15,16,17). The van der Waals surface area contributed by atoms with Gasteiger partial charge in [-0.1, -0.05) is 17.7 Å². The molecular formula is C11H8Br2ClN3O. The van der Waals surface area contributed by atoms with Crippen LogP contribution in [-0.2, 0) is 0 Å². The lowest BCUT2D eigenvalue weighted by Gasteiger charge is -2.09. The van der Waals surface area contributed by atoms with Gasteiger partial charge >= 0.3 is 0 Å². The molecule has 0 aliphatic rings. The first-order valence-electron chi connectivity index (χ1n) is 4.89. The van der Waals surface area contributed by atoms with Gasteiger partial charge in [-0.3, -0.25) is 0 Å². The van der Waals surface area contributed by atoms with E-state index in [4.69, 9.17) is 16.3 Å². The van der Waals surface area contributed by atoms with Crippen LogP contribution in [0.1, 0.15) is 0 Å². The molecule has 2 aromatic rings. The topological polar surface area (TPSA) is 47.0 Å². The van der Waals surface area contributed by atoms with Crippen molar-refractivity contribution in [3.8, 4) is 5.88 Å². The smallest absolute Gasteiger partial charge is 0.232 e. The summed E-state index contributed by atoms with van der Waals surface area (Å²) in [6.45, 7) is 0. The predicted molar refractivity (Wildman–Crippen MR) is 78.7 cm³/mol. The van der Waals surface area contributed by atoms with E-state index in [1.165, 1.54) is 0 Å². The van der Waals surface area contributed by atoms with Crippen molar-refractivity contribution in [2.45, 2.75) is 0 Å². The van der Waals surface area contributed by atoms with Crippen molar-refractivity contribution in [3.05, 3.63) is 38.4 Å². The number of nitrogens with one attached hydrogen (secondary N) is 1. The van der Waals surface area contributed by atoms with Crippen LogP contribution in [0, 0.1) is 0 Å². The lowest BCUT2D eigenvalue weighted by molar-refractivity contribution is 0.394. The Hall–Kier alpha value is -0.850. The number of hydrogen-bond donors (Lipinski definition) is 1. The molecule has 0 radical (unpaired) electrons. The number of hydrogen-bond acceptors (Lipinski definition) is 4. The van der Waals surface area contributed by atoms with Crippen LogP contribution >= 0.6 is 43.5 Å². The molecule has 1 heterocycles. The molecule has 0 aliphatic carbocycles. The van der Waals surface area contributed by atoms with Crippen LogP contribution in [0.3, 0.4) is 0 Å². The number of nitrogens with zero attached hydrogens (tertiary/aromatic N) is 2. The number of methoxy groups -OCH3 is 1. The first-order chi connectivity index (χ1) is 8.61. The van der Waals surface area contributed by atoms with Crippen LogP contribution in [0.4, 0.5) is 11.6 Å². The molecular weight excluding hydrogens is 385 g/mol. The average Bonchev–Trinajstić information content (AvgIpc) is 2.37. The van der Waals surface area contributed by atoms with E-state index in [0.717, 1.165) is 10.2 Å². The Balaban J connectivity index is 2.31. The Kier molecular flexibility index (Phi) is 4.42. The fraction of sp³-hybridized carbons (Fsp3) is 0.0909. The van der Waals surface area contributed by atoms with E-state index >= 15 is 0 Å². The highest BCUT2D eigenvalue weighted by molar-refractivity contribution is 9.11. The third-order valence-corrected chi connectivity index (χ3v) is 4.04. The van der Waals surface area contributed by atoms with Gasteiger partial charge in [-0.25, -0.2) is 4.98 Å². The van der Waals surface area contributed by atoms with Gasteiger partial charge in [0.05, 0.1) is 33.0 Å². The minimum absolute atomic E-state index is 0.429. The van der Waals surface area contributed by atoms with Crippen LogP contribution < -0.4 is 10.1 Å². The summed E-state index contributed by atoms with van der Waals surface area (Å²) < 4.78 is 6.56. The summed E-state index contributed by atoms with van der Waals surface area (Å²) in [6, 6.07) is 5.50. The fourth-order valence-electron chi connectivity index (χ4n) is 1.28. The fourth-order valence-corrected chi connectivity index (χ4v) is 2.17. The van der Waals surface area contributed by atoms with E-state index in [9.17, 15) is 0 Å². The molecule has 0 fully saturated rings. The Morgan fingerprint density at radius 2 is 2.11 bits per heavy atom. The van der Waals surface area contributed by atoms with Crippen molar-refractivity contribution in [2.24, 2.45) is 0 Å². The van der Waals surface area contributed by atoms with Gasteiger partial charge in [-0.15, -0.1) is 0 Å². The highest BCUT2D eigenvalue weighted by Gasteiger charge is 2.08. The number of rotatable bonds is 3. The third-order valence-electron chi connectivity index (χ3n) is 2.10. The van der Waals surface area contributed by atoms with Crippen molar-refractivity contribution in [2.75, 3.05) is 12.4 Å². The highest BCUT2D eigenvalue weighted by atomic mass is 79.9. The summed E-state index contributed by atoms with van der Waals surface area (Å²) in [4.78, 5) is 8.34. The van der Waals surface area contributed by atoms with Gasteiger partial charge in [-0.2, -0.15) is 4.98 Å². The maximum absolute atomic E-state index is 6.00. The number of ether oxygens (including phenoxy) is 1. The second kappa shape index (κ2) is 5.86. The molecule has 0 saturated heterocycles. The quantitative estimate of drug-likeness (QED) is 0.839. The zero-order chi connectivity index (χ0) is 13.1. The summed E-state index contributed by atoms with van der Waals surface area (Å²) >= 11 is 12.7. The normalized spacial score (nSPS) is 10.2. The largest absolute Gasteiger partial charge is 0.480 e. The first-order valence-corrected chi connectivity index (χ1v) is 6.85. The molecule has 1 aromatic heterocycles. The molecule has 1 N–H and O–H groups in total. The maximum atomic E-state index is 6.00. The summed E-state index contributed by atoms with van der Waals surface area (Å²) in [7, 11) is 1.55. The highest BCUT2D eigenvalue weighted by Crippen LogP contribution is 2.32. The van der Waals surface area contributed by atoms with Crippen LogP contribution in [-0.4, -0.2) is 17.1 Å². The average molecular weight is 393 g/mol. The van der Waals surface area contributed by atoms with Crippen LogP contribution in [0.5, 0.6) is 5.88 Å². The van der Waals surface area contributed by atoms with E-state index in [0.29, 0.717) is 21.3 Å². The van der Waals surface area contributed by atoms with Gasteiger partial charge < -0.3 is 10.1 Å². The van der Waals surface area contributed by atoms with E-state index in [1.807, 2.05) is 12.1 Å². The molecule has 2 rings (SSSR count). The minimum atomic E-state index is 0.429.